The predicted octanol–water partition coefficient (Wildman–Crippen LogP) is 2.90. The van der Waals surface area contributed by atoms with Gasteiger partial charge in [0, 0.05) is 11.6 Å². The Morgan fingerprint density at radius 1 is 1.04 bits per heavy atom. The average molecular weight is 311 g/mol. The number of hydrogen-bond acceptors (Lipinski definition) is 3. The maximum Gasteiger partial charge on any atom is 0.307 e. The van der Waals surface area contributed by atoms with Crippen LogP contribution in [-0.2, 0) is 16.0 Å². The second-order valence-electron chi connectivity index (χ2n) is 5.51. The minimum Gasteiger partial charge on any atom is -0.469 e. The van der Waals surface area contributed by atoms with Crippen LogP contribution in [0.3, 0.4) is 0 Å². The van der Waals surface area contributed by atoms with Gasteiger partial charge in [0.05, 0.1) is 13.5 Å². The molecule has 0 spiro atoms. The van der Waals surface area contributed by atoms with Crippen LogP contribution in [0.5, 0.6) is 0 Å². The fraction of sp³-hybridized carbons (Fsp3) is 0.263. The third kappa shape index (κ3) is 5.25. The highest BCUT2D eigenvalue weighted by atomic mass is 16.5. The summed E-state index contributed by atoms with van der Waals surface area (Å²) in [6.45, 7) is 2.02. The van der Waals surface area contributed by atoms with Crippen LogP contribution in [0.2, 0.25) is 0 Å². The van der Waals surface area contributed by atoms with Crippen LogP contribution in [0.25, 0.3) is 0 Å². The Balaban J connectivity index is 2.08. The van der Waals surface area contributed by atoms with Crippen LogP contribution in [0, 0.1) is 6.92 Å². The van der Waals surface area contributed by atoms with E-state index in [9.17, 15) is 9.59 Å². The summed E-state index contributed by atoms with van der Waals surface area (Å²) in [4.78, 5) is 23.9. The molecule has 2 aromatic carbocycles. The van der Waals surface area contributed by atoms with E-state index < -0.39 is 0 Å². The van der Waals surface area contributed by atoms with Crippen molar-refractivity contribution in [1.82, 2.24) is 5.32 Å². The lowest BCUT2D eigenvalue weighted by Gasteiger charge is -2.18. The number of rotatable bonds is 6. The van der Waals surface area contributed by atoms with E-state index in [1.165, 1.54) is 12.7 Å². The lowest BCUT2D eigenvalue weighted by molar-refractivity contribution is -0.141. The third-order valence-electron chi connectivity index (χ3n) is 3.61. The van der Waals surface area contributed by atoms with Gasteiger partial charge < -0.3 is 10.1 Å². The molecule has 1 amide bonds. The van der Waals surface area contributed by atoms with Crippen LogP contribution in [0.15, 0.2) is 54.6 Å². The van der Waals surface area contributed by atoms with Gasteiger partial charge in [-0.1, -0.05) is 48.0 Å². The van der Waals surface area contributed by atoms with Crippen LogP contribution >= 0.6 is 0 Å². The summed E-state index contributed by atoms with van der Waals surface area (Å²) < 4.78 is 4.73. The lowest BCUT2D eigenvalue weighted by atomic mass is 10.0. The van der Waals surface area contributed by atoms with Gasteiger partial charge in [-0.25, -0.2) is 0 Å². The van der Waals surface area contributed by atoms with Crippen molar-refractivity contribution < 1.29 is 14.3 Å². The maximum absolute atomic E-state index is 12.3. The Hall–Kier alpha value is -2.62. The highest BCUT2D eigenvalue weighted by molar-refractivity contribution is 5.94. The highest BCUT2D eigenvalue weighted by Gasteiger charge is 2.18. The van der Waals surface area contributed by atoms with Crippen molar-refractivity contribution in [2.24, 2.45) is 0 Å². The Labute approximate surface area is 136 Å². The molecule has 2 aromatic rings. The van der Waals surface area contributed by atoms with Crippen LogP contribution in [0.4, 0.5) is 0 Å². The molecule has 4 heteroatoms. The van der Waals surface area contributed by atoms with Gasteiger partial charge in [0.15, 0.2) is 0 Å². The van der Waals surface area contributed by atoms with E-state index in [0.29, 0.717) is 12.0 Å². The fourth-order valence-corrected chi connectivity index (χ4v) is 2.33. The first-order chi connectivity index (χ1) is 11.1. The molecule has 0 aliphatic heterocycles. The van der Waals surface area contributed by atoms with E-state index in [4.69, 9.17) is 4.74 Å². The van der Waals surface area contributed by atoms with E-state index in [1.54, 1.807) is 12.1 Å². The van der Waals surface area contributed by atoms with Crippen molar-refractivity contribution in [3.63, 3.8) is 0 Å². The quantitative estimate of drug-likeness (QED) is 0.835. The van der Waals surface area contributed by atoms with Crippen LogP contribution in [-0.4, -0.2) is 25.0 Å². The van der Waals surface area contributed by atoms with E-state index in [-0.39, 0.29) is 24.3 Å². The molecule has 0 fully saturated rings. The number of carbonyl (C=O) groups excluding carboxylic acids is 2. The van der Waals surface area contributed by atoms with Gasteiger partial charge in [0.2, 0.25) is 0 Å². The lowest BCUT2D eigenvalue weighted by Crippen LogP contribution is -2.38. The zero-order chi connectivity index (χ0) is 16.7. The largest absolute Gasteiger partial charge is 0.469 e. The zero-order valence-electron chi connectivity index (χ0n) is 13.4. The molecule has 0 heterocycles. The molecule has 0 radical (unpaired) electrons. The summed E-state index contributed by atoms with van der Waals surface area (Å²) in [5, 5.41) is 2.92. The molecule has 1 atom stereocenters. The molecular weight excluding hydrogens is 290 g/mol. The van der Waals surface area contributed by atoms with Crippen LogP contribution in [0.1, 0.15) is 27.9 Å². The van der Waals surface area contributed by atoms with Crippen molar-refractivity contribution in [3.8, 4) is 0 Å². The van der Waals surface area contributed by atoms with Crippen molar-refractivity contribution in [2.45, 2.75) is 25.8 Å². The number of methoxy groups -OCH3 is 1. The summed E-state index contributed by atoms with van der Waals surface area (Å²) in [7, 11) is 1.35. The summed E-state index contributed by atoms with van der Waals surface area (Å²) in [5.74, 6) is -0.526. The number of aryl methyl sites for hydroxylation is 1. The number of hydrogen-bond donors (Lipinski definition) is 1. The second kappa shape index (κ2) is 8.13. The number of ether oxygens (including phenoxy) is 1. The molecule has 23 heavy (non-hydrogen) atoms. The summed E-state index contributed by atoms with van der Waals surface area (Å²) in [5.41, 5.74) is 2.82. The number of nitrogens with one attached hydrogen (secondary N) is 1. The van der Waals surface area contributed by atoms with Crippen molar-refractivity contribution >= 4 is 11.9 Å². The van der Waals surface area contributed by atoms with Gasteiger partial charge in [-0.05, 0) is 31.0 Å². The maximum atomic E-state index is 12.3. The van der Waals surface area contributed by atoms with Gasteiger partial charge in [0.1, 0.15) is 0 Å². The smallest absolute Gasteiger partial charge is 0.307 e. The molecule has 0 saturated heterocycles. The van der Waals surface area contributed by atoms with E-state index in [0.717, 1.165) is 5.56 Å². The molecule has 0 unspecified atom stereocenters. The second-order valence-corrected chi connectivity index (χ2v) is 5.51. The van der Waals surface area contributed by atoms with Gasteiger partial charge in [-0.3, -0.25) is 9.59 Å². The van der Waals surface area contributed by atoms with Crippen molar-refractivity contribution in [3.05, 3.63) is 71.3 Å². The standard InChI is InChI=1S/C19H21NO3/c1-14-8-10-15(11-9-14)12-17(13-18(21)23-2)20-19(22)16-6-4-3-5-7-16/h3-11,17H,12-13H2,1-2H3,(H,20,22)/t17-/m1/s1. The normalized spacial score (nSPS) is 11.6. The molecule has 4 nitrogen and oxygen atoms in total. The SMILES string of the molecule is COC(=O)C[C@@H](Cc1ccc(C)cc1)NC(=O)c1ccccc1. The first-order valence-electron chi connectivity index (χ1n) is 7.56. The minimum absolute atomic E-state index is 0.142. The predicted molar refractivity (Wildman–Crippen MR) is 89.2 cm³/mol. The molecular formula is C19H21NO3. The average Bonchev–Trinajstić information content (AvgIpc) is 2.57. The van der Waals surface area contributed by atoms with Gasteiger partial charge in [0.25, 0.3) is 5.91 Å². The molecule has 0 aromatic heterocycles. The van der Waals surface area contributed by atoms with Crippen LogP contribution < -0.4 is 5.32 Å². The van der Waals surface area contributed by atoms with Crippen molar-refractivity contribution in [1.29, 1.82) is 0 Å². The summed E-state index contributed by atoms with van der Waals surface area (Å²) in [6.07, 6.45) is 0.719. The first kappa shape index (κ1) is 16.7. The Kier molecular flexibility index (Phi) is 5.92. The van der Waals surface area contributed by atoms with Gasteiger partial charge in [-0.2, -0.15) is 0 Å². The van der Waals surface area contributed by atoms with E-state index >= 15 is 0 Å². The number of amides is 1. The highest BCUT2D eigenvalue weighted by Crippen LogP contribution is 2.10. The molecule has 0 saturated carbocycles. The molecule has 0 bridgehead atoms. The summed E-state index contributed by atoms with van der Waals surface area (Å²) in [6, 6.07) is 16.7. The van der Waals surface area contributed by atoms with Gasteiger partial charge in [-0.15, -0.1) is 0 Å². The third-order valence-corrected chi connectivity index (χ3v) is 3.61. The molecule has 0 aliphatic rings. The van der Waals surface area contributed by atoms with E-state index in [1.807, 2.05) is 49.4 Å². The summed E-state index contributed by atoms with van der Waals surface area (Å²) >= 11 is 0. The number of benzene rings is 2. The Bertz CT molecular complexity index is 650. The Morgan fingerprint density at radius 3 is 2.30 bits per heavy atom. The van der Waals surface area contributed by atoms with Gasteiger partial charge >= 0.3 is 5.97 Å². The van der Waals surface area contributed by atoms with E-state index in [2.05, 4.69) is 5.32 Å². The topological polar surface area (TPSA) is 55.4 Å². The molecule has 120 valence electrons. The number of carbonyl (C=O) groups is 2. The molecule has 1 N–H and O–H groups in total. The monoisotopic (exact) mass is 311 g/mol. The number of esters is 1. The Morgan fingerprint density at radius 2 is 1.70 bits per heavy atom. The zero-order valence-corrected chi connectivity index (χ0v) is 13.4. The van der Waals surface area contributed by atoms with Crippen molar-refractivity contribution in [2.75, 3.05) is 7.11 Å². The fourth-order valence-electron chi connectivity index (χ4n) is 2.33. The molecule has 0 aliphatic carbocycles. The minimum atomic E-state index is -0.338. The molecule has 2 rings (SSSR count). The first-order valence-corrected chi connectivity index (χ1v) is 7.56.